The minimum atomic E-state index is -0.922. The van der Waals surface area contributed by atoms with Crippen LogP contribution in [0.25, 0.3) is 0 Å². The maximum Gasteiger partial charge on any atom is 0.303 e. The second kappa shape index (κ2) is 8.62. The van der Waals surface area contributed by atoms with E-state index in [0.717, 1.165) is 25.9 Å². The van der Waals surface area contributed by atoms with E-state index in [4.69, 9.17) is 23.7 Å². The van der Waals surface area contributed by atoms with Gasteiger partial charge < -0.3 is 28.8 Å². The summed E-state index contributed by atoms with van der Waals surface area (Å²) in [5.41, 5.74) is -1.57. The topological polar surface area (TPSA) is 104 Å². The Kier molecular flexibility index (Phi) is 6.05. The zero-order chi connectivity index (χ0) is 26.5. The van der Waals surface area contributed by atoms with E-state index in [1.165, 1.54) is 13.8 Å². The molecule has 0 amide bonds. The Bertz CT molecular complexity index is 960. The van der Waals surface area contributed by atoms with Gasteiger partial charge in [-0.3, -0.25) is 14.5 Å². The van der Waals surface area contributed by atoms with Crippen molar-refractivity contribution >= 4 is 11.9 Å². The summed E-state index contributed by atoms with van der Waals surface area (Å²) < 4.78 is 31.0. The summed E-state index contributed by atoms with van der Waals surface area (Å²) in [7, 11) is 5.22. The van der Waals surface area contributed by atoms with Gasteiger partial charge in [-0.05, 0) is 31.7 Å². The van der Waals surface area contributed by atoms with Crippen molar-refractivity contribution in [3.8, 4) is 0 Å². The lowest BCUT2D eigenvalue weighted by Gasteiger charge is -2.69. The van der Waals surface area contributed by atoms with E-state index in [9.17, 15) is 14.7 Å². The molecular weight excluding hydrogens is 478 g/mol. The smallest absolute Gasteiger partial charge is 0.303 e. The first-order valence-electron chi connectivity index (χ1n) is 14.0. The average Bonchev–Trinajstić information content (AvgIpc) is 3.27. The molecule has 1 N–H and O–H groups in total. The zero-order valence-electron chi connectivity index (χ0n) is 23.0. The average molecular weight is 522 g/mol. The van der Waals surface area contributed by atoms with E-state index in [1.807, 2.05) is 0 Å². The lowest BCUT2D eigenvalue weighted by Crippen LogP contribution is -2.76. The van der Waals surface area contributed by atoms with Crippen molar-refractivity contribution in [2.24, 2.45) is 40.4 Å². The monoisotopic (exact) mass is 521 g/mol. The van der Waals surface area contributed by atoms with Crippen LogP contribution in [0.3, 0.4) is 0 Å². The fourth-order valence-electron chi connectivity index (χ4n) is 11.4. The number of rotatable bonds is 7. The highest BCUT2D eigenvalue weighted by molar-refractivity contribution is 5.68. The van der Waals surface area contributed by atoms with Gasteiger partial charge in [-0.1, -0.05) is 6.92 Å². The van der Waals surface area contributed by atoms with Crippen LogP contribution >= 0.6 is 0 Å². The molecule has 0 aromatic rings. The molecule has 3 unspecified atom stereocenters. The molecule has 0 radical (unpaired) electrons. The molecule has 1 aliphatic heterocycles. The van der Waals surface area contributed by atoms with Gasteiger partial charge in [0.2, 0.25) is 0 Å². The molecule has 6 aliphatic rings. The third kappa shape index (κ3) is 2.98. The first-order chi connectivity index (χ1) is 17.7. The van der Waals surface area contributed by atoms with Gasteiger partial charge in [0.05, 0.1) is 24.9 Å². The maximum absolute atomic E-state index is 12.9. The van der Waals surface area contributed by atoms with Gasteiger partial charge in [-0.15, -0.1) is 0 Å². The van der Waals surface area contributed by atoms with Gasteiger partial charge in [0.25, 0.3) is 0 Å². The molecule has 5 saturated carbocycles. The first-order valence-corrected chi connectivity index (χ1v) is 14.0. The Labute approximate surface area is 219 Å². The molecule has 5 aliphatic carbocycles. The molecule has 1 saturated heterocycles. The van der Waals surface area contributed by atoms with Crippen LogP contribution in [0.5, 0.6) is 0 Å². The van der Waals surface area contributed by atoms with E-state index in [2.05, 4.69) is 11.8 Å². The Morgan fingerprint density at radius 1 is 1.05 bits per heavy atom. The van der Waals surface area contributed by atoms with Gasteiger partial charge in [0, 0.05) is 88.7 Å². The molecule has 37 heavy (non-hydrogen) atoms. The SMILES string of the molecule is CCN1C[C@]2(COC)CC[C@H](O)[C@@]34C5C[C@@H]6[C@@H](OC)C[C@@](OC(C)=O)(C5[C@@H]6OC(C)=O)[C@H]([C@H](OC)C23)[C@@H]14. The number of carbonyl (C=O) groups excluding carboxylic acids is 2. The number of likely N-dealkylation sites (tertiary alicyclic amines) is 1. The number of nitrogens with zero attached hydrogens (tertiary/aromatic N) is 1. The quantitative estimate of drug-likeness (QED) is 0.501. The van der Waals surface area contributed by atoms with Crippen LogP contribution < -0.4 is 0 Å². The predicted molar refractivity (Wildman–Crippen MR) is 131 cm³/mol. The van der Waals surface area contributed by atoms with Crippen LogP contribution in [0.1, 0.15) is 46.5 Å². The second-order valence-electron chi connectivity index (χ2n) is 12.7. The van der Waals surface area contributed by atoms with E-state index in [0.29, 0.717) is 19.4 Å². The van der Waals surface area contributed by atoms with Crippen molar-refractivity contribution in [3.05, 3.63) is 0 Å². The van der Waals surface area contributed by atoms with Crippen LogP contribution in [0, 0.1) is 40.4 Å². The summed E-state index contributed by atoms with van der Waals surface area (Å²) in [5.74, 6) is -1.05. The van der Waals surface area contributed by atoms with Crippen molar-refractivity contribution in [1.82, 2.24) is 4.90 Å². The number of esters is 2. The fourth-order valence-corrected chi connectivity index (χ4v) is 11.4. The molecule has 9 nitrogen and oxygen atoms in total. The van der Waals surface area contributed by atoms with Crippen LogP contribution in [-0.4, -0.2) is 99.0 Å². The molecular formula is C28H43NO8. The second-order valence-corrected chi connectivity index (χ2v) is 12.7. The number of ether oxygens (including phenoxy) is 5. The summed E-state index contributed by atoms with van der Waals surface area (Å²) in [4.78, 5) is 27.8. The predicted octanol–water partition coefficient (Wildman–Crippen LogP) is 1.64. The molecule has 9 heteroatoms. The number of aliphatic hydroxyl groups is 1. The van der Waals surface area contributed by atoms with Crippen molar-refractivity contribution in [2.75, 3.05) is 41.0 Å². The molecule has 6 fully saturated rings. The number of methoxy groups -OCH3 is 3. The summed E-state index contributed by atoms with van der Waals surface area (Å²) in [6.45, 7) is 7.38. The Morgan fingerprint density at radius 3 is 2.41 bits per heavy atom. The first kappa shape index (κ1) is 26.0. The summed E-state index contributed by atoms with van der Waals surface area (Å²) in [6.07, 6.45) is 1.46. The van der Waals surface area contributed by atoms with Crippen LogP contribution in [0.4, 0.5) is 0 Å². The van der Waals surface area contributed by atoms with E-state index in [-0.39, 0.29) is 65.2 Å². The van der Waals surface area contributed by atoms with Gasteiger partial charge in [-0.25, -0.2) is 0 Å². The highest BCUT2D eigenvalue weighted by Crippen LogP contribution is 2.80. The van der Waals surface area contributed by atoms with Gasteiger partial charge in [0.15, 0.2) is 0 Å². The third-order valence-electron chi connectivity index (χ3n) is 11.7. The van der Waals surface area contributed by atoms with Crippen molar-refractivity contribution in [1.29, 1.82) is 0 Å². The normalized spacial score (nSPS) is 53.2. The molecule has 1 heterocycles. The van der Waals surface area contributed by atoms with E-state index >= 15 is 0 Å². The van der Waals surface area contributed by atoms with Crippen molar-refractivity contribution in [2.45, 2.75) is 82.5 Å². The lowest BCUT2D eigenvalue weighted by molar-refractivity contribution is -0.278. The summed E-state index contributed by atoms with van der Waals surface area (Å²) in [6, 6.07) is -0.0133. The standard InChI is InChI=1S/C28H43NO8/c1-7-29-12-26(13-33-4)9-8-19(32)28-17-10-16-18(34-5)11-27(37-15(3)31,20(17)22(16)36-14(2)30)21(25(28)29)23(35-6)24(26)28/h16-25,32H,7-13H2,1-6H3/t16-,17?,18+,19+,20?,21-,22-,23+,24?,25-,26+,27-,28+/m1/s1. The van der Waals surface area contributed by atoms with Crippen molar-refractivity contribution < 1.29 is 38.4 Å². The molecule has 0 aromatic carbocycles. The Balaban J connectivity index is 1.65. The highest BCUT2D eigenvalue weighted by Gasteiger charge is 2.87. The van der Waals surface area contributed by atoms with Crippen LogP contribution in [0.2, 0.25) is 0 Å². The van der Waals surface area contributed by atoms with E-state index in [1.54, 1.807) is 21.3 Å². The summed E-state index contributed by atoms with van der Waals surface area (Å²) in [5, 5.41) is 12.1. The fraction of sp³-hybridized carbons (Fsp3) is 0.929. The van der Waals surface area contributed by atoms with Gasteiger partial charge in [0.1, 0.15) is 11.7 Å². The lowest BCUT2D eigenvalue weighted by atomic mass is 9.43. The van der Waals surface area contributed by atoms with Crippen LogP contribution in [0.15, 0.2) is 0 Å². The van der Waals surface area contributed by atoms with Gasteiger partial charge >= 0.3 is 11.9 Å². The zero-order valence-corrected chi connectivity index (χ0v) is 23.0. The largest absolute Gasteiger partial charge is 0.462 e. The third-order valence-corrected chi connectivity index (χ3v) is 11.7. The number of fused-ring (bicyclic) bond motifs is 2. The molecule has 7 bridgehead atoms. The molecule has 1 spiro atoms. The highest BCUT2D eigenvalue weighted by atomic mass is 16.6. The van der Waals surface area contributed by atoms with Gasteiger partial charge in [-0.2, -0.15) is 0 Å². The van der Waals surface area contributed by atoms with E-state index < -0.39 is 23.2 Å². The Morgan fingerprint density at radius 2 is 1.81 bits per heavy atom. The minimum Gasteiger partial charge on any atom is -0.462 e. The maximum atomic E-state index is 12.9. The number of piperidine rings is 1. The molecule has 6 rings (SSSR count). The Hall–Kier alpha value is -1.26. The summed E-state index contributed by atoms with van der Waals surface area (Å²) >= 11 is 0. The number of hydrogen-bond acceptors (Lipinski definition) is 9. The molecule has 0 aromatic heterocycles. The molecule has 208 valence electrons. The van der Waals surface area contributed by atoms with Crippen LogP contribution in [-0.2, 0) is 33.3 Å². The number of hydrogen-bond donors (Lipinski definition) is 1. The van der Waals surface area contributed by atoms with Crippen molar-refractivity contribution in [3.63, 3.8) is 0 Å². The molecule has 13 atom stereocenters. The minimum absolute atomic E-state index is 0.00590. The number of aliphatic hydroxyl groups excluding tert-OH is 1. The number of carbonyl (C=O) groups is 2.